The van der Waals surface area contributed by atoms with E-state index < -0.39 is 6.04 Å². The molecule has 1 aliphatic rings. The Morgan fingerprint density at radius 1 is 1.36 bits per heavy atom. The van der Waals surface area contributed by atoms with Crippen molar-refractivity contribution in [1.29, 1.82) is 0 Å². The standard InChI is InChI=1S/C21H25N5O2/c1-13-19-16(18(11-27)26-9-3-8-21(2,22)12-26)10-17(23-20(19)25-24-13)14-4-6-15(28)7-5-14/h4-7,10-11,18,28H,3,8-9,12,22H2,1-2H3,(H,23,24,25). The van der Waals surface area contributed by atoms with Gasteiger partial charge >= 0.3 is 0 Å². The number of piperidine rings is 1. The second-order valence-electron chi connectivity index (χ2n) is 7.99. The highest BCUT2D eigenvalue weighted by molar-refractivity contribution is 5.88. The summed E-state index contributed by atoms with van der Waals surface area (Å²) in [5.74, 6) is 0.198. The average molecular weight is 379 g/mol. The quantitative estimate of drug-likeness (QED) is 0.602. The molecule has 146 valence electrons. The van der Waals surface area contributed by atoms with Gasteiger partial charge in [0.2, 0.25) is 0 Å². The fourth-order valence-corrected chi connectivity index (χ4v) is 4.13. The van der Waals surface area contributed by atoms with Crippen molar-refractivity contribution in [3.63, 3.8) is 0 Å². The molecule has 7 nitrogen and oxygen atoms in total. The lowest BCUT2D eigenvalue weighted by atomic mass is 9.90. The normalized spacial score (nSPS) is 21.7. The molecule has 1 saturated heterocycles. The Hall–Kier alpha value is -2.77. The van der Waals surface area contributed by atoms with Crippen LogP contribution in [0.15, 0.2) is 30.3 Å². The maximum Gasteiger partial charge on any atom is 0.156 e. The highest BCUT2D eigenvalue weighted by atomic mass is 16.3. The lowest BCUT2D eigenvalue weighted by Crippen LogP contribution is -2.53. The van der Waals surface area contributed by atoms with Crippen molar-refractivity contribution in [2.75, 3.05) is 13.1 Å². The first kappa shape index (κ1) is 18.6. The number of phenols is 1. The van der Waals surface area contributed by atoms with E-state index in [2.05, 4.69) is 20.1 Å². The van der Waals surface area contributed by atoms with E-state index in [9.17, 15) is 9.90 Å². The molecule has 4 N–H and O–H groups in total. The molecule has 0 saturated carbocycles. The number of carbonyl (C=O) groups is 1. The van der Waals surface area contributed by atoms with Gasteiger partial charge in [-0.1, -0.05) is 0 Å². The van der Waals surface area contributed by atoms with Crippen LogP contribution in [0.3, 0.4) is 0 Å². The molecule has 0 bridgehead atoms. The number of fused-ring (bicyclic) bond motifs is 1. The predicted octanol–water partition coefficient (Wildman–Crippen LogP) is 2.69. The van der Waals surface area contributed by atoms with Crippen molar-refractivity contribution in [3.8, 4) is 17.0 Å². The summed E-state index contributed by atoms with van der Waals surface area (Å²) in [6.45, 7) is 5.43. The minimum absolute atomic E-state index is 0.198. The third-order valence-corrected chi connectivity index (χ3v) is 5.50. The highest BCUT2D eigenvalue weighted by Crippen LogP contribution is 2.34. The molecule has 3 aromatic rings. The predicted molar refractivity (Wildman–Crippen MR) is 108 cm³/mol. The molecule has 0 radical (unpaired) electrons. The van der Waals surface area contributed by atoms with E-state index in [0.717, 1.165) is 53.6 Å². The third-order valence-electron chi connectivity index (χ3n) is 5.50. The van der Waals surface area contributed by atoms with Crippen LogP contribution >= 0.6 is 0 Å². The molecule has 1 aromatic carbocycles. The molecular formula is C21H25N5O2. The lowest BCUT2D eigenvalue weighted by molar-refractivity contribution is -0.113. The number of aromatic nitrogens is 3. The number of pyridine rings is 1. The molecule has 0 aliphatic carbocycles. The second-order valence-corrected chi connectivity index (χ2v) is 7.99. The van der Waals surface area contributed by atoms with Crippen LogP contribution < -0.4 is 5.73 Å². The number of aldehydes is 1. The number of H-pyrrole nitrogens is 1. The van der Waals surface area contributed by atoms with Gasteiger partial charge < -0.3 is 15.6 Å². The SMILES string of the molecule is Cc1n[nH]c2nc(-c3ccc(O)cc3)cc(C(C=O)N3CCCC(C)(N)C3)c12. The van der Waals surface area contributed by atoms with Crippen LogP contribution in [0.25, 0.3) is 22.3 Å². The zero-order valence-electron chi connectivity index (χ0n) is 16.1. The molecule has 4 rings (SSSR count). The van der Waals surface area contributed by atoms with Crippen LogP contribution in [-0.2, 0) is 4.79 Å². The molecule has 2 aromatic heterocycles. The summed E-state index contributed by atoms with van der Waals surface area (Å²) in [4.78, 5) is 19.1. The number of nitrogens with zero attached hydrogens (tertiary/aromatic N) is 3. The number of hydrogen-bond acceptors (Lipinski definition) is 6. The van der Waals surface area contributed by atoms with Crippen molar-refractivity contribution in [3.05, 3.63) is 41.6 Å². The molecule has 7 heteroatoms. The van der Waals surface area contributed by atoms with E-state index in [4.69, 9.17) is 5.73 Å². The first-order valence-corrected chi connectivity index (χ1v) is 9.51. The summed E-state index contributed by atoms with van der Waals surface area (Å²) in [7, 11) is 0. The number of nitrogens with one attached hydrogen (secondary N) is 1. The fraction of sp³-hybridized carbons (Fsp3) is 0.381. The van der Waals surface area contributed by atoms with E-state index in [0.29, 0.717) is 12.2 Å². The van der Waals surface area contributed by atoms with E-state index in [-0.39, 0.29) is 11.3 Å². The van der Waals surface area contributed by atoms with Gasteiger partial charge in [0.05, 0.1) is 17.4 Å². The summed E-state index contributed by atoms with van der Waals surface area (Å²) in [5, 5.41) is 17.7. The van der Waals surface area contributed by atoms with Crippen LogP contribution in [0.1, 0.15) is 37.1 Å². The molecule has 1 fully saturated rings. The lowest BCUT2D eigenvalue weighted by Gasteiger charge is -2.40. The Balaban J connectivity index is 1.85. The van der Waals surface area contributed by atoms with E-state index in [1.54, 1.807) is 12.1 Å². The molecule has 0 spiro atoms. The Bertz CT molecular complexity index is 1010. The summed E-state index contributed by atoms with van der Waals surface area (Å²) in [5.41, 5.74) is 10.0. The summed E-state index contributed by atoms with van der Waals surface area (Å²) >= 11 is 0. The molecule has 3 heterocycles. The van der Waals surface area contributed by atoms with E-state index in [1.165, 1.54) is 0 Å². The molecule has 1 aliphatic heterocycles. The number of aryl methyl sites for hydroxylation is 1. The second kappa shape index (κ2) is 7.00. The van der Waals surface area contributed by atoms with Crippen LogP contribution in [0.2, 0.25) is 0 Å². The van der Waals surface area contributed by atoms with Crippen molar-refractivity contribution in [2.24, 2.45) is 5.73 Å². The number of likely N-dealkylation sites (tertiary alicyclic amines) is 1. The average Bonchev–Trinajstić information content (AvgIpc) is 3.03. The number of hydrogen-bond donors (Lipinski definition) is 3. The highest BCUT2D eigenvalue weighted by Gasteiger charge is 2.33. The molecular weight excluding hydrogens is 354 g/mol. The maximum absolute atomic E-state index is 12.2. The van der Waals surface area contributed by atoms with Crippen LogP contribution in [-0.4, -0.2) is 50.1 Å². The first-order valence-electron chi connectivity index (χ1n) is 9.51. The molecule has 0 amide bonds. The Morgan fingerprint density at radius 3 is 2.79 bits per heavy atom. The molecule has 28 heavy (non-hydrogen) atoms. The monoisotopic (exact) mass is 379 g/mol. The third kappa shape index (κ3) is 3.39. The van der Waals surface area contributed by atoms with Crippen LogP contribution in [0, 0.1) is 6.92 Å². The number of aromatic amines is 1. The number of benzene rings is 1. The van der Waals surface area contributed by atoms with Gasteiger partial charge in [0.15, 0.2) is 5.65 Å². The van der Waals surface area contributed by atoms with Gasteiger partial charge in [-0.05, 0) is 69.1 Å². The molecule has 2 unspecified atom stereocenters. The van der Waals surface area contributed by atoms with Crippen molar-refractivity contribution in [1.82, 2.24) is 20.1 Å². The van der Waals surface area contributed by atoms with Gasteiger partial charge in [-0.15, -0.1) is 0 Å². The number of carbonyl (C=O) groups excluding carboxylic acids is 1. The van der Waals surface area contributed by atoms with Gasteiger partial charge in [-0.2, -0.15) is 5.10 Å². The van der Waals surface area contributed by atoms with Gasteiger partial charge in [-0.3, -0.25) is 10.00 Å². The summed E-state index contributed by atoms with van der Waals surface area (Å²) in [6, 6.07) is 8.41. The number of nitrogens with two attached hydrogens (primary N) is 1. The van der Waals surface area contributed by atoms with Gasteiger partial charge in [-0.25, -0.2) is 4.98 Å². The first-order chi connectivity index (χ1) is 13.4. The van der Waals surface area contributed by atoms with Crippen LogP contribution in [0.4, 0.5) is 0 Å². The zero-order chi connectivity index (χ0) is 19.9. The number of phenolic OH excluding ortho intramolecular Hbond substituents is 1. The zero-order valence-corrected chi connectivity index (χ0v) is 16.1. The Morgan fingerprint density at radius 2 is 2.11 bits per heavy atom. The number of aromatic hydroxyl groups is 1. The van der Waals surface area contributed by atoms with E-state index in [1.807, 2.05) is 32.0 Å². The van der Waals surface area contributed by atoms with Crippen molar-refractivity contribution >= 4 is 17.3 Å². The van der Waals surface area contributed by atoms with Crippen LogP contribution in [0.5, 0.6) is 5.75 Å². The minimum Gasteiger partial charge on any atom is -0.508 e. The van der Waals surface area contributed by atoms with E-state index >= 15 is 0 Å². The molecule has 2 atom stereocenters. The summed E-state index contributed by atoms with van der Waals surface area (Å²) in [6.07, 6.45) is 2.90. The van der Waals surface area contributed by atoms with Gasteiger partial charge in [0, 0.05) is 23.0 Å². The Labute approximate surface area is 163 Å². The fourth-order valence-electron chi connectivity index (χ4n) is 4.13. The van der Waals surface area contributed by atoms with Gasteiger partial charge in [0.1, 0.15) is 12.0 Å². The van der Waals surface area contributed by atoms with Gasteiger partial charge in [0.25, 0.3) is 0 Å². The largest absolute Gasteiger partial charge is 0.508 e. The maximum atomic E-state index is 12.2. The smallest absolute Gasteiger partial charge is 0.156 e. The van der Waals surface area contributed by atoms with Crippen molar-refractivity contribution in [2.45, 2.75) is 38.3 Å². The number of rotatable bonds is 4. The topological polar surface area (TPSA) is 108 Å². The Kier molecular flexibility index (Phi) is 4.64. The van der Waals surface area contributed by atoms with Crippen molar-refractivity contribution < 1.29 is 9.90 Å². The summed E-state index contributed by atoms with van der Waals surface area (Å²) < 4.78 is 0. The minimum atomic E-state index is -0.416.